The van der Waals surface area contributed by atoms with Crippen LogP contribution in [0.25, 0.3) is 0 Å². The van der Waals surface area contributed by atoms with Crippen molar-refractivity contribution in [1.29, 1.82) is 0 Å². The standard InChI is InChI=1S/C25H45N3O5S/c1-18(2)14-19(3)17-28-25(29)10-9-12-33-24-16-23(26)22(15-20(24)4)21(5)27-11-7-8-13-34(30,31)32-6/h15-16,18-19,21,27H,7-14,17,26H2,1-6H3,(H,28,29). The van der Waals surface area contributed by atoms with Crippen LogP contribution in [0.3, 0.4) is 0 Å². The van der Waals surface area contributed by atoms with Crippen molar-refractivity contribution in [2.75, 3.05) is 38.3 Å². The predicted octanol–water partition coefficient (Wildman–Crippen LogP) is 3.94. The Labute approximate surface area is 206 Å². The van der Waals surface area contributed by atoms with Crippen molar-refractivity contribution < 1.29 is 22.1 Å². The number of hydrogen-bond acceptors (Lipinski definition) is 7. The smallest absolute Gasteiger partial charge is 0.267 e. The first-order valence-electron chi connectivity index (χ1n) is 12.3. The molecular weight excluding hydrogens is 454 g/mol. The molecule has 0 aliphatic rings. The lowest BCUT2D eigenvalue weighted by Gasteiger charge is -2.19. The molecule has 2 atom stereocenters. The molecule has 4 N–H and O–H groups in total. The van der Waals surface area contributed by atoms with Crippen LogP contribution >= 0.6 is 0 Å². The number of benzene rings is 1. The molecule has 196 valence electrons. The highest BCUT2D eigenvalue weighted by molar-refractivity contribution is 7.86. The number of hydrogen-bond donors (Lipinski definition) is 3. The maximum absolute atomic E-state index is 12.0. The monoisotopic (exact) mass is 499 g/mol. The average Bonchev–Trinajstić information content (AvgIpc) is 2.76. The average molecular weight is 500 g/mol. The minimum absolute atomic E-state index is 0.0196. The summed E-state index contributed by atoms with van der Waals surface area (Å²) in [5.74, 6) is 1.92. The van der Waals surface area contributed by atoms with Crippen molar-refractivity contribution in [1.82, 2.24) is 10.6 Å². The van der Waals surface area contributed by atoms with Crippen LogP contribution in [0.5, 0.6) is 5.75 Å². The van der Waals surface area contributed by atoms with Crippen LogP contribution in [-0.4, -0.2) is 46.9 Å². The first-order chi connectivity index (χ1) is 15.9. The number of nitrogen functional groups attached to an aromatic ring is 1. The molecular formula is C25H45N3O5S. The van der Waals surface area contributed by atoms with Crippen molar-refractivity contribution in [2.24, 2.45) is 11.8 Å². The van der Waals surface area contributed by atoms with Crippen molar-refractivity contribution >= 4 is 21.7 Å². The van der Waals surface area contributed by atoms with Gasteiger partial charge in [-0.3, -0.25) is 8.98 Å². The number of unbranched alkanes of at least 4 members (excludes halogenated alkanes) is 1. The molecule has 0 aliphatic carbocycles. The van der Waals surface area contributed by atoms with Gasteiger partial charge in [0, 0.05) is 30.8 Å². The van der Waals surface area contributed by atoms with Gasteiger partial charge in [0.05, 0.1) is 19.5 Å². The second-order valence-electron chi connectivity index (χ2n) is 9.55. The Morgan fingerprint density at radius 3 is 2.47 bits per heavy atom. The van der Waals surface area contributed by atoms with Gasteiger partial charge < -0.3 is 21.1 Å². The van der Waals surface area contributed by atoms with E-state index >= 15 is 0 Å². The number of nitrogens with two attached hydrogens (primary N) is 1. The quantitative estimate of drug-likeness (QED) is 0.169. The lowest BCUT2D eigenvalue weighted by molar-refractivity contribution is -0.121. The Balaban J connectivity index is 2.41. The summed E-state index contributed by atoms with van der Waals surface area (Å²) in [5, 5.41) is 6.39. The van der Waals surface area contributed by atoms with Crippen molar-refractivity contribution in [3.05, 3.63) is 23.3 Å². The Bertz CT molecular complexity index is 858. The summed E-state index contributed by atoms with van der Waals surface area (Å²) < 4.78 is 33.1. The first kappa shape index (κ1) is 30.2. The first-order valence-corrected chi connectivity index (χ1v) is 13.8. The Morgan fingerprint density at radius 1 is 1.12 bits per heavy atom. The molecule has 8 nitrogen and oxygen atoms in total. The van der Waals surface area contributed by atoms with E-state index in [9.17, 15) is 13.2 Å². The number of ether oxygens (including phenoxy) is 1. The van der Waals surface area contributed by atoms with Gasteiger partial charge in [0.2, 0.25) is 5.91 Å². The van der Waals surface area contributed by atoms with E-state index in [0.29, 0.717) is 56.5 Å². The Hall–Kier alpha value is -1.84. The Morgan fingerprint density at radius 2 is 1.82 bits per heavy atom. The van der Waals surface area contributed by atoms with Gasteiger partial charge >= 0.3 is 0 Å². The second-order valence-corrected chi connectivity index (χ2v) is 11.4. The highest BCUT2D eigenvalue weighted by atomic mass is 32.2. The van der Waals surface area contributed by atoms with E-state index in [4.69, 9.17) is 10.5 Å². The molecule has 9 heteroatoms. The molecule has 2 unspecified atom stereocenters. The highest BCUT2D eigenvalue weighted by Gasteiger charge is 2.13. The van der Waals surface area contributed by atoms with Crippen LogP contribution in [0.2, 0.25) is 0 Å². The maximum Gasteiger partial charge on any atom is 0.267 e. The number of nitrogens with one attached hydrogen (secondary N) is 2. The van der Waals surface area contributed by atoms with E-state index in [2.05, 4.69) is 35.6 Å². The van der Waals surface area contributed by atoms with Crippen LogP contribution in [-0.2, 0) is 19.1 Å². The normalized spacial score (nSPS) is 13.6. The van der Waals surface area contributed by atoms with Gasteiger partial charge in [0.25, 0.3) is 10.1 Å². The highest BCUT2D eigenvalue weighted by Crippen LogP contribution is 2.29. The SMILES string of the molecule is COS(=O)(=O)CCCCNC(C)c1cc(C)c(OCCCC(=O)NCC(C)CC(C)C)cc1N. The molecule has 1 amide bonds. The lowest BCUT2D eigenvalue weighted by atomic mass is 9.99. The van der Waals surface area contributed by atoms with Crippen LogP contribution in [0, 0.1) is 18.8 Å². The molecule has 1 aromatic rings. The number of carbonyl (C=O) groups is 1. The maximum atomic E-state index is 12.0. The molecule has 0 aliphatic heterocycles. The molecule has 0 spiro atoms. The van der Waals surface area contributed by atoms with Gasteiger partial charge in [0.1, 0.15) is 5.75 Å². The fourth-order valence-corrected chi connectivity index (χ4v) is 4.58. The molecule has 0 saturated heterocycles. The lowest BCUT2D eigenvalue weighted by Crippen LogP contribution is -2.28. The zero-order chi connectivity index (χ0) is 25.7. The minimum Gasteiger partial charge on any atom is -0.493 e. The van der Waals surface area contributed by atoms with Crippen LogP contribution in [0.15, 0.2) is 12.1 Å². The van der Waals surface area contributed by atoms with Gasteiger partial charge in [-0.25, -0.2) is 0 Å². The third kappa shape index (κ3) is 12.0. The fraction of sp³-hybridized carbons (Fsp3) is 0.720. The molecule has 0 bridgehead atoms. The van der Waals surface area contributed by atoms with E-state index in [0.717, 1.165) is 29.7 Å². The molecule has 34 heavy (non-hydrogen) atoms. The summed E-state index contributed by atoms with van der Waals surface area (Å²) in [4.78, 5) is 12.0. The van der Waals surface area contributed by atoms with E-state index in [1.54, 1.807) is 0 Å². The fourth-order valence-electron chi connectivity index (χ4n) is 3.85. The van der Waals surface area contributed by atoms with Gasteiger partial charge in [0.15, 0.2) is 0 Å². The summed E-state index contributed by atoms with van der Waals surface area (Å²) in [7, 11) is -2.22. The number of amides is 1. The van der Waals surface area contributed by atoms with E-state index < -0.39 is 10.1 Å². The van der Waals surface area contributed by atoms with Crippen molar-refractivity contribution in [3.8, 4) is 5.75 Å². The number of rotatable bonds is 17. The topological polar surface area (TPSA) is 120 Å². The predicted molar refractivity (Wildman–Crippen MR) is 138 cm³/mol. The number of carbonyl (C=O) groups excluding carboxylic acids is 1. The number of anilines is 1. The molecule has 0 radical (unpaired) electrons. The second kappa shape index (κ2) is 15.2. The van der Waals surface area contributed by atoms with Gasteiger partial charge in [-0.15, -0.1) is 0 Å². The molecule has 0 heterocycles. The molecule has 1 aromatic carbocycles. The summed E-state index contributed by atoms with van der Waals surface area (Å²) >= 11 is 0. The zero-order valence-electron chi connectivity index (χ0n) is 21.8. The van der Waals surface area contributed by atoms with Crippen molar-refractivity contribution in [2.45, 2.75) is 72.8 Å². The van der Waals surface area contributed by atoms with E-state index in [1.165, 1.54) is 7.11 Å². The van der Waals surface area contributed by atoms with E-state index in [-0.39, 0.29) is 17.7 Å². The van der Waals surface area contributed by atoms with Crippen molar-refractivity contribution in [3.63, 3.8) is 0 Å². The van der Waals surface area contributed by atoms with Gasteiger partial charge in [-0.1, -0.05) is 20.8 Å². The number of aryl methyl sites for hydroxylation is 1. The summed E-state index contributed by atoms with van der Waals surface area (Å²) in [5.41, 5.74) is 8.87. The zero-order valence-corrected chi connectivity index (χ0v) is 22.6. The molecule has 0 aromatic heterocycles. The van der Waals surface area contributed by atoms with Crippen LogP contribution in [0.4, 0.5) is 5.69 Å². The van der Waals surface area contributed by atoms with Gasteiger partial charge in [-0.05, 0) is 75.1 Å². The summed E-state index contributed by atoms with van der Waals surface area (Å²) in [6.45, 7) is 12.4. The molecule has 0 fully saturated rings. The molecule has 1 rings (SSSR count). The van der Waals surface area contributed by atoms with Crippen LogP contribution < -0.4 is 21.1 Å². The molecule has 0 saturated carbocycles. The third-order valence-corrected chi connectivity index (χ3v) is 7.00. The van der Waals surface area contributed by atoms with Crippen LogP contribution in [0.1, 0.15) is 77.0 Å². The third-order valence-electron chi connectivity index (χ3n) is 5.70. The summed E-state index contributed by atoms with van der Waals surface area (Å²) in [6, 6.07) is 3.87. The van der Waals surface area contributed by atoms with Gasteiger partial charge in [-0.2, -0.15) is 8.42 Å². The largest absolute Gasteiger partial charge is 0.493 e. The van der Waals surface area contributed by atoms with E-state index in [1.807, 2.05) is 26.0 Å². The minimum atomic E-state index is -3.40. The summed E-state index contributed by atoms with van der Waals surface area (Å²) in [6.07, 6.45) is 3.44. The Kier molecular flexibility index (Phi) is 13.5.